The lowest BCUT2D eigenvalue weighted by Crippen LogP contribution is -2.34. The van der Waals surface area contributed by atoms with Crippen LogP contribution < -0.4 is 10.6 Å². The van der Waals surface area contributed by atoms with Gasteiger partial charge in [0.2, 0.25) is 11.8 Å². The summed E-state index contributed by atoms with van der Waals surface area (Å²) in [6, 6.07) is 15.4. The van der Waals surface area contributed by atoms with E-state index in [9.17, 15) is 14.0 Å². The number of amides is 2. The molecule has 5 heteroatoms. The number of primary amides is 1. The van der Waals surface area contributed by atoms with Crippen LogP contribution in [0.3, 0.4) is 0 Å². The molecule has 24 heavy (non-hydrogen) atoms. The second-order valence-electron chi connectivity index (χ2n) is 5.75. The fourth-order valence-corrected chi connectivity index (χ4v) is 2.51. The Morgan fingerprint density at radius 2 is 1.71 bits per heavy atom. The first-order valence-corrected chi connectivity index (χ1v) is 7.86. The summed E-state index contributed by atoms with van der Waals surface area (Å²) in [5.74, 6) is -0.945. The van der Waals surface area contributed by atoms with Crippen LogP contribution in [-0.2, 0) is 9.59 Å². The minimum atomic E-state index is -0.481. The van der Waals surface area contributed by atoms with Crippen LogP contribution in [0, 0.1) is 5.82 Å². The van der Waals surface area contributed by atoms with Gasteiger partial charge in [-0.1, -0.05) is 37.3 Å². The number of nitrogens with two attached hydrogens (primary N) is 1. The first-order chi connectivity index (χ1) is 11.5. The Labute approximate surface area is 141 Å². The third-order valence-electron chi connectivity index (χ3n) is 3.87. The molecule has 0 aliphatic carbocycles. The van der Waals surface area contributed by atoms with Gasteiger partial charge >= 0.3 is 0 Å². The van der Waals surface area contributed by atoms with Crippen LogP contribution >= 0.6 is 0 Å². The van der Waals surface area contributed by atoms with Crippen molar-refractivity contribution in [2.24, 2.45) is 5.73 Å². The molecule has 1 unspecified atom stereocenters. The topological polar surface area (TPSA) is 63.4 Å². The van der Waals surface area contributed by atoms with E-state index in [0.717, 1.165) is 5.56 Å². The molecule has 2 aromatic carbocycles. The van der Waals surface area contributed by atoms with Crippen molar-refractivity contribution in [2.75, 3.05) is 11.4 Å². The Kier molecular flexibility index (Phi) is 6.07. The molecule has 2 rings (SSSR count). The molecule has 126 valence electrons. The fourth-order valence-electron chi connectivity index (χ4n) is 2.51. The van der Waals surface area contributed by atoms with E-state index < -0.39 is 5.91 Å². The van der Waals surface area contributed by atoms with Crippen molar-refractivity contribution >= 4 is 17.5 Å². The Bertz CT molecular complexity index is 686. The maximum absolute atomic E-state index is 13.1. The van der Waals surface area contributed by atoms with E-state index in [1.807, 2.05) is 37.3 Å². The van der Waals surface area contributed by atoms with Gasteiger partial charge in [0, 0.05) is 25.1 Å². The number of anilines is 1. The van der Waals surface area contributed by atoms with Crippen molar-refractivity contribution in [3.63, 3.8) is 0 Å². The van der Waals surface area contributed by atoms with Gasteiger partial charge in [-0.25, -0.2) is 4.39 Å². The number of hydrogen-bond acceptors (Lipinski definition) is 2. The van der Waals surface area contributed by atoms with Gasteiger partial charge in [0.15, 0.2) is 0 Å². The smallest absolute Gasteiger partial charge is 0.227 e. The lowest BCUT2D eigenvalue weighted by molar-refractivity contribution is -0.119. The molecule has 0 fully saturated rings. The van der Waals surface area contributed by atoms with Gasteiger partial charge in [0.25, 0.3) is 0 Å². The molecule has 0 aromatic heterocycles. The molecule has 2 amide bonds. The predicted molar refractivity (Wildman–Crippen MR) is 92.0 cm³/mol. The molecule has 0 aliphatic rings. The lowest BCUT2D eigenvalue weighted by Gasteiger charge is -2.24. The molecule has 1 atom stereocenters. The first kappa shape index (κ1) is 17.7. The summed E-state index contributed by atoms with van der Waals surface area (Å²) < 4.78 is 13.1. The number of rotatable bonds is 7. The maximum atomic E-state index is 13.1. The normalized spacial score (nSPS) is 11.8. The standard InChI is InChI=1S/C19H21FN2O2/c1-14(15-5-3-2-4-6-15)13-19(24)22(12-11-18(21)23)17-9-7-16(20)8-10-17/h2-10,14H,11-13H2,1H3,(H2,21,23). The van der Waals surface area contributed by atoms with Crippen LogP contribution in [-0.4, -0.2) is 18.4 Å². The minimum Gasteiger partial charge on any atom is -0.370 e. The zero-order chi connectivity index (χ0) is 17.5. The van der Waals surface area contributed by atoms with E-state index in [1.54, 1.807) is 0 Å². The number of hydrogen-bond donors (Lipinski definition) is 1. The maximum Gasteiger partial charge on any atom is 0.227 e. The van der Waals surface area contributed by atoms with Crippen molar-refractivity contribution in [3.05, 3.63) is 66.0 Å². The summed E-state index contributed by atoms with van der Waals surface area (Å²) in [6.07, 6.45) is 0.350. The first-order valence-electron chi connectivity index (χ1n) is 7.86. The monoisotopic (exact) mass is 328 g/mol. The van der Waals surface area contributed by atoms with Crippen LogP contribution in [0.1, 0.15) is 31.2 Å². The highest BCUT2D eigenvalue weighted by Crippen LogP contribution is 2.23. The lowest BCUT2D eigenvalue weighted by atomic mass is 9.97. The molecule has 4 nitrogen and oxygen atoms in total. The fraction of sp³-hybridized carbons (Fsp3) is 0.263. The van der Waals surface area contributed by atoms with Crippen LogP contribution in [0.2, 0.25) is 0 Å². The highest BCUT2D eigenvalue weighted by atomic mass is 19.1. The summed E-state index contributed by atoms with van der Waals surface area (Å²) in [5, 5.41) is 0. The van der Waals surface area contributed by atoms with E-state index in [2.05, 4.69) is 0 Å². The van der Waals surface area contributed by atoms with Crippen LogP contribution in [0.4, 0.5) is 10.1 Å². The molecule has 2 aromatic rings. The second-order valence-corrected chi connectivity index (χ2v) is 5.75. The SMILES string of the molecule is CC(CC(=O)N(CCC(N)=O)c1ccc(F)cc1)c1ccccc1. The molecule has 0 saturated heterocycles. The summed E-state index contributed by atoms with van der Waals surface area (Å²) in [5.41, 5.74) is 6.83. The molecule has 0 saturated carbocycles. The highest BCUT2D eigenvalue weighted by molar-refractivity contribution is 5.94. The molecule has 0 radical (unpaired) electrons. The van der Waals surface area contributed by atoms with Crippen LogP contribution in [0.5, 0.6) is 0 Å². The Balaban J connectivity index is 2.14. The average Bonchev–Trinajstić information content (AvgIpc) is 2.57. The molecular formula is C19H21FN2O2. The number of carbonyl (C=O) groups is 2. The largest absolute Gasteiger partial charge is 0.370 e. The zero-order valence-corrected chi connectivity index (χ0v) is 13.6. The van der Waals surface area contributed by atoms with Gasteiger partial charge in [-0.15, -0.1) is 0 Å². The van der Waals surface area contributed by atoms with E-state index >= 15 is 0 Å². The zero-order valence-electron chi connectivity index (χ0n) is 13.6. The summed E-state index contributed by atoms with van der Waals surface area (Å²) in [7, 11) is 0. The van der Waals surface area contributed by atoms with Gasteiger partial charge in [0.1, 0.15) is 5.82 Å². The van der Waals surface area contributed by atoms with E-state index in [4.69, 9.17) is 5.73 Å². The highest BCUT2D eigenvalue weighted by Gasteiger charge is 2.19. The number of halogens is 1. The molecule has 0 aliphatic heterocycles. The van der Waals surface area contributed by atoms with Crippen LogP contribution in [0.15, 0.2) is 54.6 Å². The van der Waals surface area contributed by atoms with Crippen molar-refractivity contribution in [3.8, 4) is 0 Å². The summed E-state index contributed by atoms with van der Waals surface area (Å²) in [4.78, 5) is 25.3. The van der Waals surface area contributed by atoms with Crippen molar-refractivity contribution in [2.45, 2.75) is 25.7 Å². The van der Waals surface area contributed by atoms with Gasteiger partial charge in [0.05, 0.1) is 0 Å². The van der Waals surface area contributed by atoms with Gasteiger partial charge in [-0.05, 0) is 35.7 Å². The van der Waals surface area contributed by atoms with Crippen molar-refractivity contribution < 1.29 is 14.0 Å². The number of nitrogens with zero attached hydrogens (tertiary/aromatic N) is 1. The van der Waals surface area contributed by atoms with Crippen LogP contribution in [0.25, 0.3) is 0 Å². The molecule has 0 heterocycles. The predicted octanol–water partition coefficient (Wildman–Crippen LogP) is 3.23. The van der Waals surface area contributed by atoms with E-state index in [0.29, 0.717) is 12.1 Å². The average molecular weight is 328 g/mol. The third-order valence-corrected chi connectivity index (χ3v) is 3.87. The van der Waals surface area contributed by atoms with Gasteiger partial charge in [-0.3, -0.25) is 9.59 Å². The summed E-state index contributed by atoms with van der Waals surface area (Å²) >= 11 is 0. The third kappa shape index (κ3) is 4.91. The minimum absolute atomic E-state index is 0.0372. The van der Waals surface area contributed by atoms with Gasteiger partial charge < -0.3 is 10.6 Å². The Hall–Kier alpha value is -2.69. The van der Waals surface area contributed by atoms with E-state index in [-0.39, 0.29) is 30.6 Å². The Morgan fingerprint density at radius 1 is 1.08 bits per heavy atom. The molecular weight excluding hydrogens is 307 g/mol. The van der Waals surface area contributed by atoms with Gasteiger partial charge in [-0.2, -0.15) is 0 Å². The van der Waals surface area contributed by atoms with Crippen molar-refractivity contribution in [1.82, 2.24) is 0 Å². The quantitative estimate of drug-likeness (QED) is 0.848. The second kappa shape index (κ2) is 8.24. The number of carbonyl (C=O) groups excluding carboxylic acids is 2. The molecule has 0 spiro atoms. The van der Waals surface area contributed by atoms with E-state index in [1.165, 1.54) is 29.2 Å². The molecule has 2 N–H and O–H groups in total. The molecule has 0 bridgehead atoms. The van der Waals surface area contributed by atoms with Crippen molar-refractivity contribution in [1.29, 1.82) is 0 Å². The Morgan fingerprint density at radius 3 is 2.29 bits per heavy atom. The summed E-state index contributed by atoms with van der Waals surface area (Å²) in [6.45, 7) is 2.16. The number of benzene rings is 2.